The van der Waals surface area contributed by atoms with E-state index in [1.165, 1.54) is 12.8 Å². The monoisotopic (exact) mass is 334 g/mol. The topological polar surface area (TPSA) is 59.0 Å². The van der Waals surface area contributed by atoms with E-state index in [-0.39, 0.29) is 0 Å². The molecule has 24 heavy (non-hydrogen) atoms. The zero-order chi connectivity index (χ0) is 17.2. The molecule has 0 spiro atoms. The van der Waals surface area contributed by atoms with Crippen LogP contribution in [0.4, 0.5) is 0 Å². The Hall–Kier alpha value is -1.82. The number of likely N-dealkylation sites (N-methyl/N-ethyl adjacent to an activating group) is 1. The van der Waals surface area contributed by atoms with Gasteiger partial charge in [-0.2, -0.15) is 0 Å². The summed E-state index contributed by atoms with van der Waals surface area (Å²) in [4.78, 5) is 11.1. The molecule has 0 amide bonds. The van der Waals surface area contributed by atoms with Crippen molar-refractivity contribution in [3.8, 4) is 5.88 Å². The van der Waals surface area contributed by atoms with Crippen LogP contribution in [0.3, 0.4) is 0 Å². The Morgan fingerprint density at radius 1 is 1.42 bits per heavy atom. The van der Waals surface area contributed by atoms with E-state index in [1.807, 2.05) is 26.1 Å². The Morgan fingerprint density at radius 3 is 2.96 bits per heavy atom. The SMILES string of the molecule is CCNC(=NCc1cccnc1OCC)N(C)CCOCC1CC1. The third-order valence-electron chi connectivity index (χ3n) is 3.85. The van der Waals surface area contributed by atoms with Gasteiger partial charge in [-0.3, -0.25) is 0 Å². The molecule has 1 fully saturated rings. The minimum absolute atomic E-state index is 0.540. The van der Waals surface area contributed by atoms with E-state index < -0.39 is 0 Å². The van der Waals surface area contributed by atoms with Crippen molar-refractivity contribution in [3.05, 3.63) is 23.9 Å². The first-order valence-electron chi connectivity index (χ1n) is 8.88. The van der Waals surface area contributed by atoms with E-state index in [2.05, 4.69) is 22.1 Å². The lowest BCUT2D eigenvalue weighted by Crippen LogP contribution is -2.40. The van der Waals surface area contributed by atoms with Gasteiger partial charge < -0.3 is 19.7 Å². The van der Waals surface area contributed by atoms with Crippen LogP contribution in [0.2, 0.25) is 0 Å². The summed E-state index contributed by atoms with van der Waals surface area (Å²) in [6, 6.07) is 3.92. The summed E-state index contributed by atoms with van der Waals surface area (Å²) in [5.41, 5.74) is 0.994. The molecule has 0 bridgehead atoms. The fraction of sp³-hybridized carbons (Fsp3) is 0.667. The fourth-order valence-electron chi connectivity index (χ4n) is 2.28. The highest BCUT2D eigenvalue weighted by Crippen LogP contribution is 2.28. The molecule has 1 aliphatic rings. The van der Waals surface area contributed by atoms with Gasteiger partial charge in [0.1, 0.15) is 0 Å². The zero-order valence-electron chi connectivity index (χ0n) is 15.1. The van der Waals surface area contributed by atoms with Crippen molar-refractivity contribution in [1.82, 2.24) is 15.2 Å². The van der Waals surface area contributed by atoms with Gasteiger partial charge in [0, 0.05) is 38.5 Å². The van der Waals surface area contributed by atoms with Crippen LogP contribution in [0.5, 0.6) is 5.88 Å². The second-order valence-corrected chi connectivity index (χ2v) is 6.01. The van der Waals surface area contributed by atoms with E-state index in [0.717, 1.165) is 43.7 Å². The maximum absolute atomic E-state index is 5.72. The highest BCUT2D eigenvalue weighted by molar-refractivity contribution is 5.79. The number of rotatable bonds is 10. The van der Waals surface area contributed by atoms with Crippen LogP contribution in [0.25, 0.3) is 0 Å². The maximum atomic E-state index is 5.72. The van der Waals surface area contributed by atoms with Gasteiger partial charge in [-0.1, -0.05) is 6.07 Å². The van der Waals surface area contributed by atoms with E-state index in [9.17, 15) is 0 Å². The molecule has 0 aromatic carbocycles. The smallest absolute Gasteiger partial charge is 0.218 e. The molecule has 0 unspecified atom stereocenters. The van der Waals surface area contributed by atoms with Crippen LogP contribution in [0.1, 0.15) is 32.3 Å². The van der Waals surface area contributed by atoms with Crippen molar-refractivity contribution in [2.75, 3.05) is 40.0 Å². The van der Waals surface area contributed by atoms with Crippen molar-refractivity contribution in [3.63, 3.8) is 0 Å². The number of hydrogen-bond donors (Lipinski definition) is 1. The third kappa shape index (κ3) is 6.35. The highest BCUT2D eigenvalue weighted by Gasteiger charge is 2.21. The van der Waals surface area contributed by atoms with Crippen molar-refractivity contribution in [2.45, 2.75) is 33.2 Å². The predicted molar refractivity (Wildman–Crippen MR) is 96.4 cm³/mol. The summed E-state index contributed by atoms with van der Waals surface area (Å²) in [7, 11) is 2.04. The fourth-order valence-corrected chi connectivity index (χ4v) is 2.28. The molecule has 0 atom stereocenters. The molecule has 1 aliphatic carbocycles. The van der Waals surface area contributed by atoms with E-state index >= 15 is 0 Å². The second kappa shape index (κ2) is 10.1. The first kappa shape index (κ1) is 18.5. The molecule has 1 N–H and O–H groups in total. The van der Waals surface area contributed by atoms with Gasteiger partial charge in [0.2, 0.25) is 5.88 Å². The average Bonchev–Trinajstić information content (AvgIpc) is 3.41. The van der Waals surface area contributed by atoms with Crippen LogP contribution >= 0.6 is 0 Å². The Balaban J connectivity index is 1.88. The molecular formula is C18H30N4O2. The minimum atomic E-state index is 0.540. The quantitative estimate of drug-likeness (QED) is 0.404. The van der Waals surface area contributed by atoms with Crippen molar-refractivity contribution >= 4 is 5.96 Å². The third-order valence-corrected chi connectivity index (χ3v) is 3.85. The number of pyridine rings is 1. The van der Waals surface area contributed by atoms with Crippen LogP contribution in [-0.2, 0) is 11.3 Å². The normalized spacial score (nSPS) is 14.5. The zero-order valence-corrected chi connectivity index (χ0v) is 15.1. The van der Waals surface area contributed by atoms with Crippen LogP contribution in [-0.4, -0.2) is 55.8 Å². The van der Waals surface area contributed by atoms with E-state index in [1.54, 1.807) is 6.20 Å². The first-order chi connectivity index (χ1) is 11.7. The van der Waals surface area contributed by atoms with Crippen LogP contribution in [0.15, 0.2) is 23.3 Å². The summed E-state index contributed by atoms with van der Waals surface area (Å²) in [5, 5.41) is 3.33. The molecule has 1 aromatic heterocycles. The van der Waals surface area contributed by atoms with Gasteiger partial charge in [0.15, 0.2) is 5.96 Å². The minimum Gasteiger partial charge on any atom is -0.478 e. The van der Waals surface area contributed by atoms with Gasteiger partial charge in [0.25, 0.3) is 0 Å². The Labute approximate surface area is 145 Å². The summed E-state index contributed by atoms with van der Waals surface area (Å²) >= 11 is 0. The molecule has 0 radical (unpaired) electrons. The lowest BCUT2D eigenvalue weighted by Gasteiger charge is -2.22. The standard InChI is InChI=1S/C18H30N4O2/c1-4-19-18(22(3)11-12-23-14-15-8-9-15)21-13-16-7-6-10-20-17(16)24-5-2/h6-7,10,15H,4-5,8-9,11-14H2,1-3H3,(H,19,21). The molecule has 0 aliphatic heterocycles. The number of aromatic nitrogens is 1. The number of aliphatic imine (C=N–C) groups is 1. The van der Waals surface area contributed by atoms with Crippen LogP contribution < -0.4 is 10.1 Å². The molecule has 2 rings (SSSR count). The second-order valence-electron chi connectivity index (χ2n) is 6.01. The van der Waals surface area contributed by atoms with Gasteiger partial charge >= 0.3 is 0 Å². The summed E-state index contributed by atoms with van der Waals surface area (Å²) in [6.45, 7) is 8.46. The van der Waals surface area contributed by atoms with Crippen molar-refractivity contribution in [2.24, 2.45) is 10.9 Å². The van der Waals surface area contributed by atoms with Crippen LogP contribution in [0, 0.1) is 5.92 Å². The number of nitrogens with zero attached hydrogens (tertiary/aromatic N) is 3. The predicted octanol–water partition coefficient (Wildman–Crippen LogP) is 2.30. The van der Waals surface area contributed by atoms with E-state index in [0.29, 0.717) is 19.0 Å². The summed E-state index contributed by atoms with van der Waals surface area (Å²) in [6.07, 6.45) is 4.40. The first-order valence-corrected chi connectivity index (χ1v) is 8.88. The lowest BCUT2D eigenvalue weighted by molar-refractivity contribution is 0.115. The molecule has 6 nitrogen and oxygen atoms in total. The van der Waals surface area contributed by atoms with E-state index in [4.69, 9.17) is 14.5 Å². The Kier molecular flexibility index (Phi) is 7.82. The summed E-state index contributed by atoms with van der Waals surface area (Å²) < 4.78 is 11.3. The van der Waals surface area contributed by atoms with Gasteiger partial charge in [-0.15, -0.1) is 0 Å². The highest BCUT2D eigenvalue weighted by atomic mass is 16.5. The number of nitrogens with one attached hydrogen (secondary N) is 1. The Bertz CT molecular complexity index is 517. The van der Waals surface area contributed by atoms with Crippen molar-refractivity contribution in [1.29, 1.82) is 0 Å². The van der Waals surface area contributed by atoms with Gasteiger partial charge in [0.05, 0.1) is 19.8 Å². The molecule has 1 aromatic rings. The average molecular weight is 334 g/mol. The number of hydrogen-bond acceptors (Lipinski definition) is 4. The molecule has 6 heteroatoms. The molecule has 1 heterocycles. The largest absolute Gasteiger partial charge is 0.478 e. The molecule has 0 saturated heterocycles. The summed E-state index contributed by atoms with van der Waals surface area (Å²) in [5.74, 6) is 2.34. The number of guanidine groups is 1. The lowest BCUT2D eigenvalue weighted by atomic mass is 10.3. The maximum Gasteiger partial charge on any atom is 0.218 e. The van der Waals surface area contributed by atoms with Gasteiger partial charge in [-0.25, -0.2) is 9.98 Å². The molecular weight excluding hydrogens is 304 g/mol. The number of ether oxygens (including phenoxy) is 2. The van der Waals surface area contributed by atoms with Gasteiger partial charge in [-0.05, 0) is 38.7 Å². The molecule has 134 valence electrons. The Morgan fingerprint density at radius 2 is 2.25 bits per heavy atom. The van der Waals surface area contributed by atoms with Crippen molar-refractivity contribution < 1.29 is 9.47 Å². The molecule has 1 saturated carbocycles.